The number of anilines is 1. The third kappa shape index (κ3) is 5.08. The Bertz CT molecular complexity index is 407. The fourth-order valence-corrected chi connectivity index (χ4v) is 2.75. The highest BCUT2D eigenvalue weighted by Crippen LogP contribution is 2.29. The third-order valence-electron chi connectivity index (χ3n) is 3.38. The van der Waals surface area contributed by atoms with Crippen molar-refractivity contribution < 1.29 is 0 Å². The molecule has 1 aromatic carbocycles. The van der Waals surface area contributed by atoms with Crippen molar-refractivity contribution in [2.24, 2.45) is 5.73 Å². The molecule has 0 aromatic heterocycles. The summed E-state index contributed by atoms with van der Waals surface area (Å²) in [5.74, 6) is 0. The van der Waals surface area contributed by atoms with Gasteiger partial charge in [0.1, 0.15) is 0 Å². The molecule has 0 radical (unpaired) electrons. The predicted octanol–water partition coefficient (Wildman–Crippen LogP) is 3.83. The maximum absolute atomic E-state index is 6.22. The third-order valence-corrected chi connectivity index (χ3v) is 3.87. The van der Waals surface area contributed by atoms with E-state index in [0.717, 1.165) is 28.8 Å². The molecule has 4 N–H and O–H groups in total. The average molecular weight is 342 g/mol. The summed E-state index contributed by atoms with van der Waals surface area (Å²) in [4.78, 5) is 0. The van der Waals surface area contributed by atoms with E-state index in [2.05, 4.69) is 38.7 Å². The molecule has 1 aromatic rings. The van der Waals surface area contributed by atoms with Crippen LogP contribution >= 0.6 is 15.9 Å². The van der Waals surface area contributed by atoms with E-state index in [1.165, 1.54) is 12.8 Å². The molecule has 1 heterocycles. The van der Waals surface area contributed by atoms with E-state index in [0.29, 0.717) is 6.04 Å². The van der Waals surface area contributed by atoms with Crippen LogP contribution in [0.5, 0.6) is 0 Å². The van der Waals surface area contributed by atoms with Crippen LogP contribution in [0.3, 0.4) is 0 Å². The van der Waals surface area contributed by atoms with Gasteiger partial charge in [-0.3, -0.25) is 0 Å². The Kier molecular flexibility index (Phi) is 7.00. The lowest BCUT2D eigenvalue weighted by molar-refractivity contribution is 0.554. The van der Waals surface area contributed by atoms with Crippen LogP contribution in [0, 0.1) is 0 Å². The second-order valence-electron chi connectivity index (χ2n) is 5.59. The van der Waals surface area contributed by atoms with Gasteiger partial charge in [0.15, 0.2) is 0 Å². The summed E-state index contributed by atoms with van der Waals surface area (Å²) in [5, 5.41) is 7.02. The summed E-state index contributed by atoms with van der Waals surface area (Å²) < 4.78 is 1.08. The van der Waals surface area contributed by atoms with Crippen LogP contribution < -0.4 is 16.4 Å². The fourth-order valence-electron chi connectivity index (χ4n) is 2.39. The first-order valence-corrected chi connectivity index (χ1v) is 8.32. The first-order valence-electron chi connectivity index (χ1n) is 7.53. The van der Waals surface area contributed by atoms with Gasteiger partial charge in [0, 0.05) is 28.3 Å². The monoisotopic (exact) mass is 341 g/mol. The lowest BCUT2D eigenvalue weighted by atomic mass is 9.94. The van der Waals surface area contributed by atoms with E-state index in [-0.39, 0.29) is 5.54 Å². The molecule has 1 atom stereocenters. The summed E-state index contributed by atoms with van der Waals surface area (Å²) in [6.07, 6.45) is 2.53. The molecule has 0 spiro atoms. The Morgan fingerprint density at radius 3 is 2.65 bits per heavy atom. The zero-order valence-corrected chi connectivity index (χ0v) is 14.7. The van der Waals surface area contributed by atoms with Gasteiger partial charge in [-0.05, 0) is 50.9 Å². The van der Waals surface area contributed by atoms with E-state index in [9.17, 15) is 0 Å². The highest BCUT2D eigenvalue weighted by atomic mass is 79.9. The van der Waals surface area contributed by atoms with E-state index < -0.39 is 0 Å². The van der Waals surface area contributed by atoms with Crippen LogP contribution in [-0.2, 0) is 5.54 Å². The van der Waals surface area contributed by atoms with Gasteiger partial charge >= 0.3 is 0 Å². The van der Waals surface area contributed by atoms with Crippen LogP contribution in [0.2, 0.25) is 0 Å². The molecule has 0 saturated carbocycles. The zero-order valence-electron chi connectivity index (χ0n) is 13.1. The van der Waals surface area contributed by atoms with Gasteiger partial charge in [0.2, 0.25) is 0 Å². The maximum atomic E-state index is 6.22. The highest BCUT2D eigenvalue weighted by Gasteiger charge is 2.20. The highest BCUT2D eigenvalue weighted by molar-refractivity contribution is 9.10. The van der Waals surface area contributed by atoms with Crippen LogP contribution in [0.15, 0.2) is 22.7 Å². The van der Waals surface area contributed by atoms with Crippen molar-refractivity contribution >= 4 is 21.6 Å². The van der Waals surface area contributed by atoms with Crippen LogP contribution in [0.25, 0.3) is 0 Å². The number of benzene rings is 1. The smallest absolute Gasteiger partial charge is 0.0403 e. The van der Waals surface area contributed by atoms with Gasteiger partial charge in [-0.2, -0.15) is 0 Å². The van der Waals surface area contributed by atoms with Crippen molar-refractivity contribution in [1.82, 2.24) is 5.32 Å². The second-order valence-corrected chi connectivity index (χ2v) is 6.50. The molecule has 1 saturated heterocycles. The number of nitrogens with two attached hydrogens (primary N) is 1. The topological polar surface area (TPSA) is 50.1 Å². The molecule has 4 heteroatoms. The van der Waals surface area contributed by atoms with Crippen LogP contribution in [-0.4, -0.2) is 19.1 Å². The van der Waals surface area contributed by atoms with Crippen molar-refractivity contribution in [2.75, 3.05) is 18.4 Å². The average Bonchev–Trinajstić information content (AvgIpc) is 2.90. The van der Waals surface area contributed by atoms with Crippen molar-refractivity contribution in [2.45, 2.75) is 52.1 Å². The number of hydrogen-bond acceptors (Lipinski definition) is 3. The Morgan fingerprint density at radius 2 is 2.10 bits per heavy atom. The molecule has 1 aliphatic heterocycles. The Hall–Kier alpha value is -0.580. The first kappa shape index (κ1) is 17.5. The molecule has 1 aliphatic rings. The minimum absolute atomic E-state index is 0.327. The Balaban J connectivity index is 0.000000956. The largest absolute Gasteiger partial charge is 0.383 e. The molecule has 0 aliphatic carbocycles. The standard InChI is InChI=1S/C14H22BrN3.C2H6/c1-14(2,16)12-6-5-10(15)8-13(12)18-9-11-4-3-7-17-11;1-2/h5-6,8,11,17-18H,3-4,7,9,16H2,1-2H3;1-2H3/t11-;/m0./s1. The van der Waals surface area contributed by atoms with Crippen molar-refractivity contribution in [3.63, 3.8) is 0 Å². The fraction of sp³-hybridized carbons (Fsp3) is 0.625. The van der Waals surface area contributed by atoms with Gasteiger partial charge in [-0.25, -0.2) is 0 Å². The molecule has 20 heavy (non-hydrogen) atoms. The lowest BCUT2D eigenvalue weighted by Gasteiger charge is -2.24. The van der Waals surface area contributed by atoms with E-state index in [4.69, 9.17) is 5.73 Å². The molecule has 2 rings (SSSR count). The molecule has 1 fully saturated rings. The number of hydrogen-bond donors (Lipinski definition) is 3. The van der Waals surface area contributed by atoms with Crippen molar-refractivity contribution in [3.05, 3.63) is 28.2 Å². The van der Waals surface area contributed by atoms with Gasteiger partial charge in [-0.15, -0.1) is 0 Å². The maximum Gasteiger partial charge on any atom is 0.0403 e. The van der Waals surface area contributed by atoms with E-state index >= 15 is 0 Å². The lowest BCUT2D eigenvalue weighted by Crippen LogP contribution is -2.32. The summed E-state index contributed by atoms with van der Waals surface area (Å²) in [5.41, 5.74) is 8.18. The molecule has 3 nitrogen and oxygen atoms in total. The summed E-state index contributed by atoms with van der Waals surface area (Å²) >= 11 is 3.52. The zero-order chi connectivity index (χ0) is 15.2. The summed E-state index contributed by atoms with van der Waals surface area (Å²) in [6.45, 7) is 10.2. The molecule has 0 unspecified atom stereocenters. The molecular weight excluding hydrogens is 314 g/mol. The van der Waals surface area contributed by atoms with Crippen molar-refractivity contribution in [3.8, 4) is 0 Å². The number of nitrogens with one attached hydrogen (secondary N) is 2. The Morgan fingerprint density at radius 1 is 1.40 bits per heavy atom. The van der Waals surface area contributed by atoms with E-state index in [1.54, 1.807) is 0 Å². The molecular formula is C16H28BrN3. The second kappa shape index (κ2) is 8.01. The normalized spacial score (nSPS) is 18.4. The summed E-state index contributed by atoms with van der Waals surface area (Å²) in [6, 6.07) is 6.83. The predicted molar refractivity (Wildman–Crippen MR) is 92.2 cm³/mol. The van der Waals surface area contributed by atoms with Crippen LogP contribution in [0.1, 0.15) is 46.1 Å². The van der Waals surface area contributed by atoms with Gasteiger partial charge in [0.05, 0.1) is 0 Å². The minimum Gasteiger partial charge on any atom is -0.383 e. The first-order chi connectivity index (χ1) is 9.47. The quantitative estimate of drug-likeness (QED) is 0.779. The van der Waals surface area contributed by atoms with Gasteiger partial charge in [0.25, 0.3) is 0 Å². The van der Waals surface area contributed by atoms with Gasteiger partial charge in [-0.1, -0.05) is 35.8 Å². The number of halogens is 1. The molecule has 114 valence electrons. The summed E-state index contributed by atoms with van der Waals surface area (Å²) in [7, 11) is 0. The number of rotatable bonds is 4. The van der Waals surface area contributed by atoms with Crippen molar-refractivity contribution in [1.29, 1.82) is 0 Å². The Labute approximate surface area is 131 Å². The SMILES string of the molecule is CC.CC(C)(N)c1ccc(Br)cc1NC[C@@H]1CCCN1. The minimum atomic E-state index is -0.327. The van der Waals surface area contributed by atoms with Gasteiger partial charge < -0.3 is 16.4 Å². The van der Waals surface area contributed by atoms with Crippen LogP contribution in [0.4, 0.5) is 5.69 Å². The molecule has 0 amide bonds. The van der Waals surface area contributed by atoms with E-state index in [1.807, 2.05) is 33.8 Å². The molecule has 0 bridgehead atoms.